The zero-order chi connectivity index (χ0) is 17.8. The van der Waals surface area contributed by atoms with Gasteiger partial charge in [0.15, 0.2) is 6.54 Å². The molecule has 1 amide bonds. The van der Waals surface area contributed by atoms with Gasteiger partial charge < -0.3 is 15.0 Å². The fourth-order valence-corrected chi connectivity index (χ4v) is 3.23. The van der Waals surface area contributed by atoms with Crippen LogP contribution in [0.1, 0.15) is 24.0 Å². The number of anilines is 1. The molecule has 0 aromatic heterocycles. The van der Waals surface area contributed by atoms with E-state index in [1.807, 2.05) is 37.3 Å². The molecular formula is C20H24BrN2O2+. The summed E-state index contributed by atoms with van der Waals surface area (Å²) in [5.74, 6) is 0.928. The molecule has 0 aliphatic heterocycles. The van der Waals surface area contributed by atoms with Crippen molar-refractivity contribution >= 4 is 27.5 Å². The quantitative estimate of drug-likeness (QED) is 0.745. The monoisotopic (exact) mass is 403 g/mol. The van der Waals surface area contributed by atoms with Crippen molar-refractivity contribution < 1.29 is 14.4 Å². The number of halogens is 1. The van der Waals surface area contributed by atoms with Gasteiger partial charge in [-0.2, -0.15) is 0 Å². The molecule has 1 saturated carbocycles. The normalized spacial score (nSPS) is 14.8. The van der Waals surface area contributed by atoms with Crippen LogP contribution >= 0.6 is 15.9 Å². The minimum Gasteiger partial charge on any atom is -0.497 e. The summed E-state index contributed by atoms with van der Waals surface area (Å²) in [6.07, 6.45) is 2.41. The first-order valence-electron chi connectivity index (χ1n) is 8.58. The predicted octanol–water partition coefficient (Wildman–Crippen LogP) is 2.95. The predicted molar refractivity (Wildman–Crippen MR) is 103 cm³/mol. The molecule has 1 unspecified atom stereocenters. The molecule has 5 heteroatoms. The number of carbonyl (C=O) groups excluding carboxylic acids is 1. The molecule has 2 aromatic rings. The highest BCUT2D eigenvalue weighted by atomic mass is 79.9. The Kier molecular flexibility index (Phi) is 5.76. The fourth-order valence-electron chi connectivity index (χ4n) is 2.98. The number of hydrogen-bond acceptors (Lipinski definition) is 2. The molecule has 25 heavy (non-hydrogen) atoms. The number of amides is 1. The van der Waals surface area contributed by atoms with Crippen LogP contribution in [-0.2, 0) is 11.3 Å². The number of carbonyl (C=O) groups is 1. The third kappa shape index (κ3) is 5.06. The molecule has 0 saturated heterocycles. The highest BCUT2D eigenvalue weighted by Gasteiger charge is 2.34. The highest BCUT2D eigenvalue weighted by molar-refractivity contribution is 9.10. The summed E-state index contributed by atoms with van der Waals surface area (Å²) in [6, 6.07) is 14.6. The maximum absolute atomic E-state index is 12.5. The van der Waals surface area contributed by atoms with E-state index in [1.165, 1.54) is 23.3 Å². The number of benzene rings is 2. The standard InChI is InChI=1S/C20H23BrN2O2/c1-14-11-16(5-10-19(14)21)22-20(24)13-23(17-6-7-17)12-15-3-8-18(25-2)9-4-15/h3-5,8-11,17H,6-7,12-13H2,1-2H3,(H,22,24)/p+1. The van der Waals surface area contributed by atoms with Crippen LogP contribution in [0.5, 0.6) is 5.75 Å². The Morgan fingerprint density at radius 3 is 2.56 bits per heavy atom. The molecule has 1 aliphatic rings. The molecule has 0 radical (unpaired) electrons. The Labute approximate surface area is 157 Å². The average molecular weight is 404 g/mol. The maximum Gasteiger partial charge on any atom is 0.279 e. The van der Waals surface area contributed by atoms with Crippen molar-refractivity contribution in [2.24, 2.45) is 0 Å². The Morgan fingerprint density at radius 2 is 1.96 bits per heavy atom. The van der Waals surface area contributed by atoms with Gasteiger partial charge in [0.2, 0.25) is 0 Å². The number of quaternary nitrogens is 1. The van der Waals surface area contributed by atoms with Gasteiger partial charge in [-0.25, -0.2) is 0 Å². The van der Waals surface area contributed by atoms with E-state index in [9.17, 15) is 4.79 Å². The summed E-state index contributed by atoms with van der Waals surface area (Å²) in [5.41, 5.74) is 3.20. The van der Waals surface area contributed by atoms with Crippen LogP contribution < -0.4 is 15.0 Å². The van der Waals surface area contributed by atoms with Crippen molar-refractivity contribution in [3.8, 4) is 5.75 Å². The average Bonchev–Trinajstić information content (AvgIpc) is 3.43. The van der Waals surface area contributed by atoms with E-state index in [-0.39, 0.29) is 5.91 Å². The first kappa shape index (κ1) is 18.0. The molecule has 0 heterocycles. The molecule has 4 nitrogen and oxygen atoms in total. The number of hydrogen-bond donors (Lipinski definition) is 2. The second-order valence-electron chi connectivity index (χ2n) is 6.65. The van der Waals surface area contributed by atoms with E-state index in [4.69, 9.17) is 4.74 Å². The summed E-state index contributed by atoms with van der Waals surface area (Å²) in [6.45, 7) is 3.37. The molecule has 1 aliphatic carbocycles. The van der Waals surface area contributed by atoms with Gasteiger partial charge in [-0.05, 0) is 55.0 Å². The van der Waals surface area contributed by atoms with Gasteiger partial charge in [-0.15, -0.1) is 0 Å². The van der Waals surface area contributed by atoms with Gasteiger partial charge in [0.05, 0.1) is 13.2 Å². The van der Waals surface area contributed by atoms with Crippen molar-refractivity contribution in [2.75, 3.05) is 19.0 Å². The molecule has 2 aromatic carbocycles. The van der Waals surface area contributed by atoms with Crippen LogP contribution in [0.2, 0.25) is 0 Å². The molecule has 3 rings (SSSR count). The summed E-state index contributed by atoms with van der Waals surface area (Å²) in [5, 5.41) is 3.03. The lowest BCUT2D eigenvalue weighted by atomic mass is 10.2. The van der Waals surface area contributed by atoms with E-state index in [1.54, 1.807) is 7.11 Å². The summed E-state index contributed by atoms with van der Waals surface area (Å²) in [4.78, 5) is 13.8. The van der Waals surface area contributed by atoms with E-state index in [0.717, 1.165) is 28.0 Å². The van der Waals surface area contributed by atoms with Crippen molar-refractivity contribution in [1.29, 1.82) is 0 Å². The highest BCUT2D eigenvalue weighted by Crippen LogP contribution is 2.20. The van der Waals surface area contributed by atoms with Crippen LogP contribution in [0.3, 0.4) is 0 Å². The van der Waals surface area contributed by atoms with Gasteiger partial charge in [0.25, 0.3) is 5.91 Å². The lowest BCUT2D eigenvalue weighted by Gasteiger charge is -2.19. The van der Waals surface area contributed by atoms with Gasteiger partial charge >= 0.3 is 0 Å². The second-order valence-corrected chi connectivity index (χ2v) is 7.50. The minimum absolute atomic E-state index is 0.0668. The van der Waals surface area contributed by atoms with E-state index < -0.39 is 0 Å². The van der Waals surface area contributed by atoms with Crippen molar-refractivity contribution in [1.82, 2.24) is 0 Å². The zero-order valence-corrected chi connectivity index (χ0v) is 16.2. The largest absolute Gasteiger partial charge is 0.497 e. The molecule has 1 fully saturated rings. The van der Waals surface area contributed by atoms with Crippen LogP contribution in [0.25, 0.3) is 0 Å². The topological polar surface area (TPSA) is 42.8 Å². The number of aryl methyl sites for hydroxylation is 1. The Balaban J connectivity index is 1.60. The van der Waals surface area contributed by atoms with Crippen molar-refractivity contribution in [2.45, 2.75) is 32.4 Å². The van der Waals surface area contributed by atoms with Gasteiger partial charge in [-0.1, -0.05) is 15.9 Å². The van der Waals surface area contributed by atoms with E-state index in [2.05, 4.69) is 33.4 Å². The van der Waals surface area contributed by atoms with Crippen LogP contribution in [-0.4, -0.2) is 25.6 Å². The lowest BCUT2D eigenvalue weighted by Crippen LogP contribution is -3.13. The van der Waals surface area contributed by atoms with Crippen LogP contribution in [0, 0.1) is 6.92 Å². The smallest absolute Gasteiger partial charge is 0.279 e. The number of rotatable bonds is 7. The molecule has 1 atom stereocenters. The van der Waals surface area contributed by atoms with E-state index in [0.29, 0.717) is 12.6 Å². The lowest BCUT2D eigenvalue weighted by molar-refractivity contribution is -0.916. The molecule has 0 spiro atoms. The molecule has 0 bridgehead atoms. The first-order valence-corrected chi connectivity index (χ1v) is 9.38. The molecule has 132 valence electrons. The minimum atomic E-state index is 0.0668. The Bertz CT molecular complexity index is 742. The van der Waals surface area contributed by atoms with Gasteiger partial charge in [0.1, 0.15) is 12.3 Å². The summed E-state index contributed by atoms with van der Waals surface area (Å²) < 4.78 is 6.26. The third-order valence-electron chi connectivity index (χ3n) is 4.57. The van der Waals surface area contributed by atoms with Gasteiger partial charge in [-0.3, -0.25) is 4.79 Å². The summed E-state index contributed by atoms with van der Waals surface area (Å²) in [7, 11) is 1.67. The maximum atomic E-state index is 12.5. The van der Waals surface area contributed by atoms with Crippen LogP contribution in [0.4, 0.5) is 5.69 Å². The zero-order valence-electron chi connectivity index (χ0n) is 14.6. The van der Waals surface area contributed by atoms with Gasteiger partial charge in [0, 0.05) is 28.6 Å². The third-order valence-corrected chi connectivity index (χ3v) is 5.46. The van der Waals surface area contributed by atoms with E-state index >= 15 is 0 Å². The Morgan fingerprint density at radius 1 is 1.24 bits per heavy atom. The SMILES string of the molecule is COc1ccc(C[NH+](CC(=O)Nc2ccc(Br)c(C)c2)C2CC2)cc1. The number of nitrogens with one attached hydrogen (secondary N) is 2. The Hall–Kier alpha value is -1.85. The summed E-state index contributed by atoms with van der Waals surface area (Å²) >= 11 is 3.48. The number of methoxy groups -OCH3 is 1. The fraction of sp³-hybridized carbons (Fsp3) is 0.350. The molecular weight excluding hydrogens is 380 g/mol. The molecule has 2 N–H and O–H groups in total. The van der Waals surface area contributed by atoms with Crippen molar-refractivity contribution in [3.05, 3.63) is 58.1 Å². The second kappa shape index (κ2) is 8.02. The van der Waals surface area contributed by atoms with Crippen molar-refractivity contribution in [3.63, 3.8) is 0 Å². The number of ether oxygens (including phenoxy) is 1. The first-order chi connectivity index (χ1) is 12.0. The van der Waals surface area contributed by atoms with Crippen LogP contribution in [0.15, 0.2) is 46.9 Å².